The van der Waals surface area contributed by atoms with Crippen molar-refractivity contribution in [3.63, 3.8) is 0 Å². The predicted octanol–water partition coefficient (Wildman–Crippen LogP) is 2.33. The predicted molar refractivity (Wildman–Crippen MR) is 67.6 cm³/mol. The third-order valence-electron chi connectivity index (χ3n) is 2.43. The van der Waals surface area contributed by atoms with Gasteiger partial charge < -0.3 is 9.47 Å². The second-order valence-corrected chi connectivity index (χ2v) is 4.03. The fraction of sp³-hybridized carbons (Fsp3) is 0.154. The molecule has 0 saturated heterocycles. The minimum absolute atomic E-state index is 0.114. The molecule has 116 valence electrons. The summed E-state index contributed by atoms with van der Waals surface area (Å²) in [6.07, 6.45) is -3.64. The number of aromatic nitrogens is 2. The van der Waals surface area contributed by atoms with E-state index in [1.165, 1.54) is 36.7 Å². The van der Waals surface area contributed by atoms with Gasteiger partial charge >= 0.3 is 18.2 Å². The third kappa shape index (κ3) is 4.16. The van der Waals surface area contributed by atoms with E-state index in [0.29, 0.717) is 5.75 Å². The normalized spacial score (nSPS) is 12.5. The van der Waals surface area contributed by atoms with Crippen LogP contribution < -0.4 is 10.5 Å². The molecule has 6 nitrogen and oxygen atoms in total. The van der Waals surface area contributed by atoms with Crippen LogP contribution in [-0.2, 0) is 9.53 Å². The first-order chi connectivity index (χ1) is 10.4. The zero-order chi connectivity index (χ0) is 16.2. The number of esters is 1. The SMILES string of the molecule is NC(OC(=O)C(F)(F)F)c1ccc(Oc2ncccn2)cc1. The van der Waals surface area contributed by atoms with Gasteiger partial charge in [0.15, 0.2) is 6.23 Å². The van der Waals surface area contributed by atoms with Gasteiger partial charge in [0.2, 0.25) is 0 Å². The zero-order valence-electron chi connectivity index (χ0n) is 10.9. The fourth-order valence-electron chi connectivity index (χ4n) is 1.42. The summed E-state index contributed by atoms with van der Waals surface area (Å²) in [7, 11) is 0. The molecule has 0 aliphatic heterocycles. The molecule has 0 bridgehead atoms. The molecule has 1 aromatic carbocycles. The van der Waals surface area contributed by atoms with E-state index >= 15 is 0 Å². The van der Waals surface area contributed by atoms with Crippen LogP contribution in [0.1, 0.15) is 11.8 Å². The molecule has 2 N–H and O–H groups in total. The largest absolute Gasteiger partial charge is 0.490 e. The summed E-state index contributed by atoms with van der Waals surface area (Å²) in [6.45, 7) is 0. The molecule has 9 heteroatoms. The quantitative estimate of drug-likeness (QED) is 0.688. The number of nitrogens with zero attached hydrogens (tertiary/aromatic N) is 2. The van der Waals surface area contributed by atoms with E-state index in [1.807, 2.05) is 0 Å². The van der Waals surface area contributed by atoms with Crippen molar-refractivity contribution in [2.75, 3.05) is 0 Å². The van der Waals surface area contributed by atoms with Crippen molar-refractivity contribution in [2.45, 2.75) is 12.4 Å². The van der Waals surface area contributed by atoms with E-state index in [1.54, 1.807) is 6.07 Å². The second kappa shape index (κ2) is 6.39. The van der Waals surface area contributed by atoms with Crippen LogP contribution in [-0.4, -0.2) is 22.1 Å². The van der Waals surface area contributed by atoms with Gasteiger partial charge in [0.05, 0.1) is 0 Å². The van der Waals surface area contributed by atoms with Gasteiger partial charge in [-0.3, -0.25) is 5.73 Å². The Balaban J connectivity index is 2.01. The van der Waals surface area contributed by atoms with E-state index in [9.17, 15) is 18.0 Å². The highest BCUT2D eigenvalue weighted by atomic mass is 19.4. The van der Waals surface area contributed by atoms with Gasteiger partial charge in [-0.25, -0.2) is 14.8 Å². The Labute approximate surface area is 122 Å². The first kappa shape index (κ1) is 15.7. The van der Waals surface area contributed by atoms with Crippen molar-refractivity contribution in [3.05, 3.63) is 48.3 Å². The molecule has 0 aliphatic carbocycles. The molecule has 0 saturated carbocycles. The Morgan fingerprint density at radius 2 is 1.73 bits per heavy atom. The number of rotatable bonds is 4. The van der Waals surface area contributed by atoms with E-state index < -0.39 is 18.4 Å². The Bertz CT molecular complexity index is 632. The molecule has 0 aliphatic rings. The van der Waals surface area contributed by atoms with Crippen molar-refractivity contribution >= 4 is 5.97 Å². The highest BCUT2D eigenvalue weighted by Crippen LogP contribution is 2.23. The molecule has 0 amide bonds. The maximum Gasteiger partial charge on any atom is 0.490 e. The van der Waals surface area contributed by atoms with Gasteiger partial charge in [-0.15, -0.1) is 0 Å². The van der Waals surface area contributed by atoms with Gasteiger partial charge in [-0.1, -0.05) is 12.1 Å². The van der Waals surface area contributed by atoms with E-state index in [2.05, 4.69) is 14.7 Å². The molecular formula is C13H10F3N3O3. The monoisotopic (exact) mass is 313 g/mol. The van der Waals surface area contributed by atoms with Crippen molar-refractivity contribution in [2.24, 2.45) is 5.73 Å². The molecule has 0 spiro atoms. The Morgan fingerprint density at radius 1 is 1.14 bits per heavy atom. The van der Waals surface area contributed by atoms with Crippen molar-refractivity contribution < 1.29 is 27.4 Å². The highest BCUT2D eigenvalue weighted by Gasteiger charge is 2.42. The first-order valence-electron chi connectivity index (χ1n) is 5.94. The van der Waals surface area contributed by atoms with Gasteiger partial charge in [0.1, 0.15) is 5.75 Å². The molecule has 22 heavy (non-hydrogen) atoms. The standard InChI is InChI=1S/C13H10F3N3O3/c14-13(15,16)11(20)22-10(17)8-2-4-9(5-3-8)21-12-18-6-1-7-19-12/h1-7,10H,17H2. The van der Waals surface area contributed by atoms with E-state index in [4.69, 9.17) is 10.5 Å². The van der Waals surface area contributed by atoms with Crippen molar-refractivity contribution in [1.29, 1.82) is 0 Å². The van der Waals surface area contributed by atoms with Crippen LogP contribution in [0.3, 0.4) is 0 Å². The lowest BCUT2D eigenvalue weighted by molar-refractivity contribution is -0.205. The average molecular weight is 313 g/mol. The molecule has 1 atom stereocenters. The topological polar surface area (TPSA) is 87.3 Å². The van der Waals surface area contributed by atoms with Crippen LogP contribution >= 0.6 is 0 Å². The third-order valence-corrected chi connectivity index (χ3v) is 2.43. The molecular weight excluding hydrogens is 303 g/mol. The summed E-state index contributed by atoms with van der Waals surface area (Å²) in [5.41, 5.74) is 5.57. The summed E-state index contributed by atoms with van der Waals surface area (Å²) in [4.78, 5) is 18.4. The van der Waals surface area contributed by atoms with Crippen LogP contribution in [0.15, 0.2) is 42.7 Å². The summed E-state index contributed by atoms with van der Waals surface area (Å²) < 4.78 is 45.6. The average Bonchev–Trinajstić information content (AvgIpc) is 2.48. The molecule has 1 unspecified atom stereocenters. The van der Waals surface area contributed by atoms with Crippen LogP contribution in [0.5, 0.6) is 11.8 Å². The number of carbonyl (C=O) groups is 1. The molecule has 0 radical (unpaired) electrons. The molecule has 1 heterocycles. The lowest BCUT2D eigenvalue weighted by Crippen LogP contribution is -2.29. The summed E-state index contributed by atoms with van der Waals surface area (Å²) in [5, 5.41) is 0. The van der Waals surface area contributed by atoms with Gasteiger partial charge in [0, 0.05) is 18.0 Å². The Kier molecular flexibility index (Phi) is 4.56. The number of hydrogen-bond acceptors (Lipinski definition) is 6. The van der Waals surface area contributed by atoms with Crippen LogP contribution in [0.2, 0.25) is 0 Å². The molecule has 0 fully saturated rings. The van der Waals surface area contributed by atoms with Gasteiger partial charge in [0.25, 0.3) is 0 Å². The van der Waals surface area contributed by atoms with Crippen LogP contribution in [0, 0.1) is 0 Å². The summed E-state index contributed by atoms with van der Waals surface area (Å²) in [6, 6.07) is 7.34. The second-order valence-electron chi connectivity index (χ2n) is 4.03. The van der Waals surface area contributed by atoms with E-state index in [0.717, 1.165) is 0 Å². The van der Waals surface area contributed by atoms with Gasteiger partial charge in [-0.05, 0) is 18.2 Å². The smallest absolute Gasteiger partial charge is 0.436 e. The minimum atomic E-state index is -5.09. The molecule has 2 aromatic rings. The summed E-state index contributed by atoms with van der Waals surface area (Å²) in [5.74, 6) is -2.00. The highest BCUT2D eigenvalue weighted by molar-refractivity contribution is 5.75. The number of nitrogens with two attached hydrogens (primary N) is 1. The lowest BCUT2D eigenvalue weighted by Gasteiger charge is -2.14. The van der Waals surface area contributed by atoms with Crippen molar-refractivity contribution in [3.8, 4) is 11.8 Å². The number of halogens is 3. The van der Waals surface area contributed by atoms with Gasteiger partial charge in [-0.2, -0.15) is 13.2 Å². The molecule has 1 aromatic heterocycles. The number of benzene rings is 1. The minimum Gasteiger partial charge on any atom is -0.436 e. The number of alkyl halides is 3. The van der Waals surface area contributed by atoms with Crippen LogP contribution in [0.4, 0.5) is 13.2 Å². The van der Waals surface area contributed by atoms with E-state index in [-0.39, 0.29) is 11.6 Å². The van der Waals surface area contributed by atoms with Crippen molar-refractivity contribution in [1.82, 2.24) is 9.97 Å². The number of hydrogen-bond donors (Lipinski definition) is 1. The fourth-order valence-corrected chi connectivity index (χ4v) is 1.42. The maximum atomic E-state index is 12.1. The lowest BCUT2D eigenvalue weighted by atomic mass is 10.2. The summed E-state index contributed by atoms with van der Waals surface area (Å²) >= 11 is 0. The number of ether oxygens (including phenoxy) is 2. The molecule has 2 rings (SSSR count). The zero-order valence-corrected chi connectivity index (χ0v) is 10.9. The maximum absolute atomic E-state index is 12.1. The van der Waals surface area contributed by atoms with Crippen LogP contribution in [0.25, 0.3) is 0 Å². The Morgan fingerprint density at radius 3 is 2.27 bits per heavy atom. The Hall–Kier alpha value is -2.68. The number of carbonyl (C=O) groups excluding carboxylic acids is 1. The first-order valence-corrected chi connectivity index (χ1v) is 5.94.